The summed E-state index contributed by atoms with van der Waals surface area (Å²) in [5, 5.41) is 0.221. The summed E-state index contributed by atoms with van der Waals surface area (Å²) in [6.45, 7) is 1.88. The Bertz CT molecular complexity index is 1190. The summed E-state index contributed by atoms with van der Waals surface area (Å²) in [6.07, 6.45) is 0. The van der Waals surface area contributed by atoms with Gasteiger partial charge in [0.15, 0.2) is 0 Å². The Balaban J connectivity index is 2.04. The minimum atomic E-state index is -4.01. The number of pyridine rings is 1. The molecule has 1 heterocycles. The number of halogens is 1. The second-order valence-electron chi connectivity index (χ2n) is 5.73. The van der Waals surface area contributed by atoms with Crippen molar-refractivity contribution in [3.8, 4) is 0 Å². The summed E-state index contributed by atoms with van der Waals surface area (Å²) in [6, 6.07) is 9.80. The molecule has 0 fully saturated rings. The summed E-state index contributed by atoms with van der Waals surface area (Å²) < 4.78 is 40.6. The number of H-pyrrole nitrogens is 1. The van der Waals surface area contributed by atoms with Gasteiger partial charge in [-0.2, -0.15) is 0 Å². The predicted molar refractivity (Wildman–Crippen MR) is 101 cm³/mol. The summed E-state index contributed by atoms with van der Waals surface area (Å²) in [4.78, 5) is 31.3. The molecule has 3 N–H and O–H groups in total. The summed E-state index contributed by atoms with van der Waals surface area (Å²) in [5.41, 5.74) is 2.09. The number of carbonyl (C=O) groups excluding carboxylic acids is 1. The van der Waals surface area contributed by atoms with Crippen LogP contribution in [0.15, 0.2) is 58.2 Å². The number of rotatable bonds is 6. The molecule has 3 aromatic rings. The van der Waals surface area contributed by atoms with Crippen LogP contribution >= 0.6 is 0 Å². The number of nitrogens with one attached hydrogen (secondary N) is 3. The molecule has 1 aromatic heterocycles. The Hall–Kier alpha value is -3.24. The first-order valence-corrected chi connectivity index (χ1v) is 9.66. The highest BCUT2D eigenvalue weighted by molar-refractivity contribution is 7.92. The second kappa shape index (κ2) is 7.79. The zero-order chi connectivity index (χ0) is 20.3. The molecule has 0 atom stereocenters. The molecule has 0 radical (unpaired) electrons. The number of hydrogen-bond acceptors (Lipinski definition) is 5. The zero-order valence-electron chi connectivity index (χ0n) is 14.7. The van der Waals surface area contributed by atoms with Gasteiger partial charge >= 0.3 is 0 Å². The van der Waals surface area contributed by atoms with Gasteiger partial charge in [-0.1, -0.05) is 0 Å². The first-order chi connectivity index (χ1) is 13.3. The average Bonchev–Trinajstić information content (AvgIpc) is 2.66. The lowest BCUT2D eigenvalue weighted by molar-refractivity contribution is 0.0366. The van der Waals surface area contributed by atoms with Crippen LogP contribution < -0.4 is 15.8 Å². The molecule has 0 bridgehead atoms. The largest absolute Gasteiger partial charge is 0.322 e. The van der Waals surface area contributed by atoms with E-state index in [9.17, 15) is 22.4 Å². The number of aromatic nitrogens is 1. The predicted octanol–water partition coefficient (Wildman–Crippen LogP) is 2.15. The van der Waals surface area contributed by atoms with E-state index in [-0.39, 0.29) is 33.7 Å². The lowest BCUT2D eigenvalue weighted by atomic mass is 10.1. The number of fused-ring (bicyclic) bond motifs is 1. The zero-order valence-corrected chi connectivity index (χ0v) is 15.5. The Morgan fingerprint density at radius 2 is 1.86 bits per heavy atom. The van der Waals surface area contributed by atoms with E-state index >= 15 is 0 Å². The van der Waals surface area contributed by atoms with Crippen LogP contribution in [0.2, 0.25) is 0 Å². The molecule has 10 heteroatoms. The van der Waals surface area contributed by atoms with Crippen molar-refractivity contribution < 1.29 is 22.4 Å². The standard InChI is InChI=1S/C18H16FN3O5S/c1-2-27-21-18(24)15-10-17(23)20-16-8-7-13(9-14(15)16)28(25,26)22-12-5-3-11(19)4-6-12/h3-10,22H,2H2,1H3,(H,20,23)(H,21,24). The monoisotopic (exact) mass is 405 g/mol. The molecule has 1 amide bonds. The molecule has 146 valence electrons. The van der Waals surface area contributed by atoms with Crippen molar-refractivity contribution in [3.63, 3.8) is 0 Å². The SMILES string of the molecule is CCONC(=O)c1cc(=O)[nH]c2ccc(S(=O)(=O)Nc3ccc(F)cc3)cc12. The van der Waals surface area contributed by atoms with Crippen molar-refractivity contribution in [1.29, 1.82) is 0 Å². The number of hydrogen-bond donors (Lipinski definition) is 3. The molecule has 2 aromatic carbocycles. The normalized spacial score (nSPS) is 11.4. The van der Waals surface area contributed by atoms with Crippen LogP contribution in [-0.2, 0) is 14.9 Å². The number of carbonyl (C=O) groups is 1. The molecule has 3 rings (SSSR count). The van der Waals surface area contributed by atoms with Crippen molar-refractivity contribution in [2.24, 2.45) is 0 Å². The molecule has 8 nitrogen and oxygen atoms in total. The van der Waals surface area contributed by atoms with Crippen LogP contribution in [0.25, 0.3) is 10.9 Å². The number of benzene rings is 2. The fraction of sp³-hybridized carbons (Fsp3) is 0.111. The van der Waals surface area contributed by atoms with Gasteiger partial charge in [-0.05, 0) is 49.4 Å². The first-order valence-electron chi connectivity index (χ1n) is 8.18. The van der Waals surface area contributed by atoms with Gasteiger partial charge in [0.1, 0.15) is 5.82 Å². The topological polar surface area (TPSA) is 117 Å². The van der Waals surface area contributed by atoms with E-state index in [0.29, 0.717) is 0 Å². The Kier molecular flexibility index (Phi) is 5.43. The highest BCUT2D eigenvalue weighted by Gasteiger charge is 2.18. The summed E-state index contributed by atoms with van der Waals surface area (Å²) in [7, 11) is -4.01. The lowest BCUT2D eigenvalue weighted by Crippen LogP contribution is -2.25. The molecule has 0 unspecified atom stereocenters. The molecule has 0 aliphatic carbocycles. The minimum Gasteiger partial charge on any atom is -0.322 e. The van der Waals surface area contributed by atoms with Crippen molar-refractivity contribution >= 4 is 32.5 Å². The molecule has 0 saturated heterocycles. The van der Waals surface area contributed by atoms with Gasteiger partial charge in [-0.3, -0.25) is 19.1 Å². The summed E-state index contributed by atoms with van der Waals surface area (Å²) in [5.74, 6) is -1.18. The van der Waals surface area contributed by atoms with Crippen molar-refractivity contribution in [2.75, 3.05) is 11.3 Å². The van der Waals surface area contributed by atoms with Gasteiger partial charge in [-0.15, -0.1) is 0 Å². The summed E-state index contributed by atoms with van der Waals surface area (Å²) >= 11 is 0. The van der Waals surface area contributed by atoms with Gasteiger partial charge in [-0.25, -0.2) is 18.3 Å². The third kappa shape index (κ3) is 4.18. The molecular formula is C18H16FN3O5S. The molecule has 0 spiro atoms. The van der Waals surface area contributed by atoms with E-state index in [2.05, 4.69) is 15.2 Å². The van der Waals surface area contributed by atoms with Crippen LogP contribution in [0.4, 0.5) is 10.1 Å². The fourth-order valence-corrected chi connectivity index (χ4v) is 3.60. The van der Waals surface area contributed by atoms with Crippen LogP contribution in [0.3, 0.4) is 0 Å². The first kappa shape index (κ1) is 19.5. The third-order valence-electron chi connectivity index (χ3n) is 3.78. The highest BCUT2D eigenvalue weighted by atomic mass is 32.2. The lowest BCUT2D eigenvalue weighted by Gasteiger charge is -2.11. The van der Waals surface area contributed by atoms with E-state index < -0.39 is 27.3 Å². The minimum absolute atomic E-state index is 0.0361. The molecule has 0 aliphatic heterocycles. The van der Waals surface area contributed by atoms with Crippen molar-refractivity contribution in [2.45, 2.75) is 11.8 Å². The van der Waals surface area contributed by atoms with Crippen molar-refractivity contribution in [3.05, 3.63) is 70.3 Å². The number of hydroxylamine groups is 1. The van der Waals surface area contributed by atoms with Gasteiger partial charge in [0.05, 0.1) is 17.1 Å². The Morgan fingerprint density at radius 3 is 2.54 bits per heavy atom. The van der Waals surface area contributed by atoms with Gasteiger partial charge in [0.2, 0.25) is 5.56 Å². The number of amides is 1. The van der Waals surface area contributed by atoms with Crippen LogP contribution in [0, 0.1) is 5.82 Å². The fourth-order valence-electron chi connectivity index (χ4n) is 2.51. The molecule has 0 aliphatic rings. The quantitative estimate of drug-likeness (QED) is 0.543. The van der Waals surface area contributed by atoms with E-state index in [1.807, 2.05) is 0 Å². The van der Waals surface area contributed by atoms with Gasteiger partial charge in [0.25, 0.3) is 15.9 Å². The Morgan fingerprint density at radius 1 is 1.14 bits per heavy atom. The van der Waals surface area contributed by atoms with E-state index in [1.165, 1.54) is 30.3 Å². The maximum atomic E-state index is 13.0. The maximum absolute atomic E-state index is 13.0. The van der Waals surface area contributed by atoms with Crippen LogP contribution in [0.1, 0.15) is 17.3 Å². The Labute approximate surface area is 159 Å². The van der Waals surface area contributed by atoms with Crippen molar-refractivity contribution in [1.82, 2.24) is 10.5 Å². The molecule has 0 saturated carbocycles. The highest BCUT2D eigenvalue weighted by Crippen LogP contribution is 2.22. The average molecular weight is 405 g/mol. The second-order valence-corrected chi connectivity index (χ2v) is 7.41. The number of aromatic amines is 1. The molecular weight excluding hydrogens is 389 g/mol. The smallest absolute Gasteiger partial charge is 0.275 e. The van der Waals surface area contributed by atoms with Crippen LogP contribution in [-0.4, -0.2) is 25.9 Å². The van der Waals surface area contributed by atoms with E-state index in [4.69, 9.17) is 4.84 Å². The number of anilines is 1. The van der Waals surface area contributed by atoms with Crippen LogP contribution in [0.5, 0.6) is 0 Å². The van der Waals surface area contributed by atoms with E-state index in [0.717, 1.165) is 18.2 Å². The number of sulfonamides is 1. The molecule has 28 heavy (non-hydrogen) atoms. The third-order valence-corrected chi connectivity index (χ3v) is 5.15. The van der Waals surface area contributed by atoms with E-state index in [1.54, 1.807) is 6.92 Å². The maximum Gasteiger partial charge on any atom is 0.275 e. The van der Waals surface area contributed by atoms with Gasteiger partial charge in [0, 0.05) is 22.7 Å². The van der Waals surface area contributed by atoms with Gasteiger partial charge < -0.3 is 4.98 Å².